The van der Waals surface area contributed by atoms with Gasteiger partial charge in [0.25, 0.3) is 0 Å². The zero-order chi connectivity index (χ0) is 27.8. The van der Waals surface area contributed by atoms with Gasteiger partial charge in [-0.15, -0.1) is 0 Å². The Kier molecular flexibility index (Phi) is 9.84. The number of ether oxygens (including phenoxy) is 1. The molecule has 1 aromatic heterocycles. The average Bonchev–Trinajstić information content (AvgIpc) is 2.83. The summed E-state index contributed by atoms with van der Waals surface area (Å²) in [6.07, 6.45) is -5.35. The van der Waals surface area contributed by atoms with E-state index in [1.165, 1.54) is 5.01 Å². The van der Waals surface area contributed by atoms with Gasteiger partial charge in [-0.25, -0.2) is 15.1 Å². The molecule has 0 spiro atoms. The third-order valence-corrected chi connectivity index (χ3v) is 5.46. The van der Waals surface area contributed by atoms with Gasteiger partial charge in [0, 0.05) is 30.9 Å². The fourth-order valence-electron chi connectivity index (χ4n) is 3.83. The summed E-state index contributed by atoms with van der Waals surface area (Å²) in [6.45, 7) is 4.92. The summed E-state index contributed by atoms with van der Waals surface area (Å²) in [7, 11) is 0. The normalized spacial score (nSPS) is 13.7. The molecule has 0 saturated heterocycles. The van der Waals surface area contributed by atoms with Gasteiger partial charge in [0.05, 0.1) is 11.8 Å². The highest BCUT2D eigenvalue weighted by Crippen LogP contribution is 2.19. The number of aromatic nitrogens is 1. The summed E-state index contributed by atoms with van der Waals surface area (Å²) >= 11 is 0. The van der Waals surface area contributed by atoms with Crippen LogP contribution in [0.4, 0.5) is 18.0 Å². The van der Waals surface area contributed by atoms with Crippen LogP contribution in [0.5, 0.6) is 0 Å². The molecule has 2 aromatic carbocycles. The number of nitrogens with zero attached hydrogens (tertiary/aromatic N) is 2. The maximum Gasteiger partial charge on any atom is 0.457 e. The number of carbonyl (C=O) groups is 1. The Morgan fingerprint density at radius 2 is 1.63 bits per heavy atom. The summed E-state index contributed by atoms with van der Waals surface area (Å²) in [5, 5.41) is 13.8. The van der Waals surface area contributed by atoms with Crippen LogP contribution in [-0.2, 0) is 17.7 Å². The van der Waals surface area contributed by atoms with Gasteiger partial charge < -0.3 is 9.84 Å². The number of hydrogen-bond donors (Lipinski definition) is 3. The van der Waals surface area contributed by atoms with Crippen LogP contribution in [0.3, 0.4) is 0 Å². The molecule has 2 unspecified atom stereocenters. The Balaban J connectivity index is 1.78. The van der Waals surface area contributed by atoms with Gasteiger partial charge >= 0.3 is 12.4 Å². The van der Waals surface area contributed by atoms with Crippen molar-refractivity contribution >= 4 is 6.09 Å². The predicted octanol–water partition coefficient (Wildman–Crippen LogP) is 5.07. The van der Waals surface area contributed by atoms with Crippen LogP contribution < -0.4 is 10.7 Å². The molecular formula is C28H33F3N4O3. The van der Waals surface area contributed by atoms with Crippen LogP contribution >= 0.6 is 0 Å². The molecule has 0 saturated carbocycles. The van der Waals surface area contributed by atoms with Crippen molar-refractivity contribution in [3.05, 3.63) is 90.1 Å². The van der Waals surface area contributed by atoms with E-state index in [-0.39, 0.29) is 19.5 Å². The van der Waals surface area contributed by atoms with Crippen LogP contribution in [0, 0.1) is 0 Å². The number of carbonyl (C=O) groups excluding carboxylic acids is 1. The van der Waals surface area contributed by atoms with Gasteiger partial charge in [-0.1, -0.05) is 60.7 Å². The van der Waals surface area contributed by atoms with Crippen molar-refractivity contribution in [1.29, 1.82) is 0 Å². The first-order chi connectivity index (χ1) is 17.9. The summed E-state index contributed by atoms with van der Waals surface area (Å²) in [4.78, 5) is 16.8. The molecule has 0 radical (unpaired) electrons. The Morgan fingerprint density at radius 1 is 0.974 bits per heavy atom. The standard InChI is InChI=1S/C28H33F3N4O3/c1-27(2,3)38-26(37)34-35(18-21-12-14-22(15-13-21)23-11-7-8-16-32-23)19-25(36)24(33-28(29,30)31)17-20-9-5-4-6-10-20/h4-16,24-25,33,36H,17-19H2,1-3H3,(H,34,37). The van der Waals surface area contributed by atoms with E-state index in [0.717, 1.165) is 16.8 Å². The molecule has 1 amide bonds. The van der Waals surface area contributed by atoms with Gasteiger partial charge in [-0.3, -0.25) is 10.4 Å². The van der Waals surface area contributed by atoms with Crippen LogP contribution in [0.15, 0.2) is 79.0 Å². The SMILES string of the molecule is CC(C)(C)OC(=O)NN(Cc1ccc(-c2ccccn2)cc1)CC(O)C(Cc1ccccc1)NC(F)(F)F. The Morgan fingerprint density at radius 3 is 2.21 bits per heavy atom. The molecule has 0 aliphatic heterocycles. The summed E-state index contributed by atoms with van der Waals surface area (Å²) in [5.74, 6) is 0. The number of nitrogens with one attached hydrogen (secondary N) is 2. The molecule has 0 bridgehead atoms. The number of pyridine rings is 1. The molecule has 0 aliphatic carbocycles. The van der Waals surface area contributed by atoms with Crippen LogP contribution in [0.25, 0.3) is 11.3 Å². The quantitative estimate of drug-likeness (QED) is 0.251. The first-order valence-electron chi connectivity index (χ1n) is 12.2. The highest BCUT2D eigenvalue weighted by molar-refractivity contribution is 5.67. The van der Waals surface area contributed by atoms with E-state index in [1.807, 2.05) is 42.5 Å². The molecule has 0 aliphatic rings. The third-order valence-electron chi connectivity index (χ3n) is 5.46. The van der Waals surface area contributed by atoms with Crippen molar-refractivity contribution in [3.63, 3.8) is 0 Å². The van der Waals surface area contributed by atoms with Crippen LogP contribution in [-0.4, -0.2) is 51.8 Å². The molecule has 10 heteroatoms. The molecule has 3 rings (SSSR count). The lowest BCUT2D eigenvalue weighted by Gasteiger charge is -2.31. The van der Waals surface area contributed by atoms with Crippen molar-refractivity contribution in [1.82, 2.24) is 20.7 Å². The monoisotopic (exact) mass is 530 g/mol. The fourth-order valence-corrected chi connectivity index (χ4v) is 3.83. The van der Waals surface area contributed by atoms with Gasteiger partial charge in [0.2, 0.25) is 0 Å². The number of rotatable bonds is 10. The van der Waals surface area contributed by atoms with E-state index in [4.69, 9.17) is 4.74 Å². The van der Waals surface area contributed by atoms with E-state index in [9.17, 15) is 23.1 Å². The largest absolute Gasteiger partial charge is 0.457 e. The zero-order valence-electron chi connectivity index (χ0n) is 21.6. The Hall–Kier alpha value is -3.47. The van der Waals surface area contributed by atoms with E-state index >= 15 is 0 Å². The Labute approximate surface area is 220 Å². The molecular weight excluding hydrogens is 497 g/mol. The molecule has 0 fully saturated rings. The number of alkyl halides is 3. The summed E-state index contributed by atoms with van der Waals surface area (Å²) < 4.78 is 45.2. The van der Waals surface area contributed by atoms with E-state index in [2.05, 4.69) is 10.4 Å². The minimum atomic E-state index is -4.70. The number of hydrogen-bond acceptors (Lipinski definition) is 6. The molecule has 3 N–H and O–H groups in total. The summed E-state index contributed by atoms with van der Waals surface area (Å²) in [6, 6.07) is 20.2. The number of benzene rings is 2. The highest BCUT2D eigenvalue weighted by atomic mass is 19.4. The minimum Gasteiger partial charge on any atom is -0.443 e. The smallest absolute Gasteiger partial charge is 0.443 e. The highest BCUT2D eigenvalue weighted by Gasteiger charge is 2.35. The predicted molar refractivity (Wildman–Crippen MR) is 139 cm³/mol. The molecule has 3 aromatic rings. The first-order valence-corrected chi connectivity index (χ1v) is 12.2. The van der Waals surface area contributed by atoms with Crippen LogP contribution in [0.1, 0.15) is 31.9 Å². The number of hydrazine groups is 1. The van der Waals surface area contributed by atoms with Crippen LogP contribution in [0.2, 0.25) is 0 Å². The zero-order valence-corrected chi connectivity index (χ0v) is 21.6. The molecule has 7 nitrogen and oxygen atoms in total. The second kappa shape index (κ2) is 12.9. The molecule has 1 heterocycles. The second-order valence-electron chi connectivity index (χ2n) is 9.91. The van der Waals surface area contributed by atoms with Crippen molar-refractivity contribution in [2.75, 3.05) is 6.54 Å². The number of aliphatic hydroxyl groups is 1. The Bertz CT molecular complexity index is 1140. The molecule has 2 atom stereocenters. The van der Waals surface area contributed by atoms with E-state index < -0.39 is 30.1 Å². The average molecular weight is 531 g/mol. The van der Waals surface area contributed by atoms with Gasteiger partial charge in [-0.2, -0.15) is 13.2 Å². The number of aliphatic hydroxyl groups excluding tert-OH is 1. The van der Waals surface area contributed by atoms with Crippen molar-refractivity contribution in [2.24, 2.45) is 0 Å². The van der Waals surface area contributed by atoms with Gasteiger partial charge in [0.1, 0.15) is 5.60 Å². The molecule has 204 valence electrons. The maximum absolute atomic E-state index is 13.3. The minimum absolute atomic E-state index is 0.0689. The number of amides is 1. The lowest BCUT2D eigenvalue weighted by atomic mass is 10.0. The maximum atomic E-state index is 13.3. The van der Waals surface area contributed by atoms with Crippen molar-refractivity contribution < 1.29 is 27.8 Å². The van der Waals surface area contributed by atoms with Gasteiger partial charge in [0.15, 0.2) is 0 Å². The third kappa shape index (κ3) is 10.1. The lowest BCUT2D eigenvalue weighted by Crippen LogP contribution is -2.55. The fraction of sp³-hybridized carbons (Fsp3) is 0.357. The number of halogens is 3. The second-order valence-corrected chi connectivity index (χ2v) is 9.91. The lowest BCUT2D eigenvalue weighted by molar-refractivity contribution is -0.171. The van der Waals surface area contributed by atoms with Gasteiger partial charge in [-0.05, 0) is 50.5 Å². The summed E-state index contributed by atoms with van der Waals surface area (Å²) in [5.41, 5.74) is 4.86. The van der Waals surface area contributed by atoms with E-state index in [0.29, 0.717) is 5.56 Å². The van der Waals surface area contributed by atoms with Crippen molar-refractivity contribution in [2.45, 2.75) is 57.8 Å². The van der Waals surface area contributed by atoms with E-state index in [1.54, 1.807) is 62.6 Å². The first kappa shape index (κ1) is 29.1. The topological polar surface area (TPSA) is 86.7 Å². The van der Waals surface area contributed by atoms with Crippen molar-refractivity contribution in [3.8, 4) is 11.3 Å². The molecule has 38 heavy (non-hydrogen) atoms.